The fourth-order valence-electron chi connectivity index (χ4n) is 4.77. The SMILES string of the molecule is CC.CC1CCCCC12CC(C)(c1cc(Br)ccc1F)N=C(NC(=O)c1ccccc1)S2. The number of halogens is 2. The number of nitrogens with one attached hydrogen (secondary N) is 1. The standard InChI is InChI=1S/C24H26BrFN2OS.C2H6/c1-16-8-6-7-13-24(16)15-23(2,19-14-18(25)11-12-20(19)26)28-22(30-24)27-21(29)17-9-4-3-5-10-17;1-2/h3-5,9-12,14,16H,6-8,13,15H2,1-2H3,(H,27,28,29);1-2H3. The van der Waals surface area contributed by atoms with Gasteiger partial charge in [0.25, 0.3) is 5.91 Å². The van der Waals surface area contributed by atoms with Gasteiger partial charge in [0.15, 0.2) is 5.17 Å². The van der Waals surface area contributed by atoms with Gasteiger partial charge in [0.1, 0.15) is 5.82 Å². The average molecular weight is 520 g/mol. The summed E-state index contributed by atoms with van der Waals surface area (Å²) < 4.78 is 15.7. The Morgan fingerprint density at radius 2 is 1.91 bits per heavy atom. The number of amidine groups is 1. The van der Waals surface area contributed by atoms with Crippen LogP contribution < -0.4 is 5.32 Å². The number of nitrogens with zero attached hydrogens (tertiary/aromatic N) is 1. The van der Waals surface area contributed by atoms with Crippen molar-refractivity contribution in [3.63, 3.8) is 0 Å². The molecule has 4 rings (SSSR count). The number of carbonyl (C=O) groups is 1. The van der Waals surface area contributed by atoms with Crippen LogP contribution in [0.4, 0.5) is 4.39 Å². The summed E-state index contributed by atoms with van der Waals surface area (Å²) in [6.45, 7) is 8.28. The van der Waals surface area contributed by atoms with Gasteiger partial charge in [-0.15, -0.1) is 0 Å². The third-order valence-electron chi connectivity index (χ3n) is 6.44. The smallest absolute Gasteiger partial charge is 0.257 e. The average Bonchev–Trinajstić information content (AvgIpc) is 2.79. The predicted octanol–water partition coefficient (Wildman–Crippen LogP) is 7.70. The molecule has 0 bridgehead atoms. The van der Waals surface area contributed by atoms with Gasteiger partial charge in [-0.1, -0.05) is 79.5 Å². The van der Waals surface area contributed by atoms with Gasteiger partial charge in [0.2, 0.25) is 0 Å². The molecule has 1 saturated carbocycles. The van der Waals surface area contributed by atoms with Crippen molar-refractivity contribution in [3.8, 4) is 0 Å². The molecule has 2 aromatic carbocycles. The molecular formula is C26H32BrFN2OS. The summed E-state index contributed by atoms with van der Waals surface area (Å²) in [6.07, 6.45) is 5.31. The van der Waals surface area contributed by atoms with Crippen molar-refractivity contribution in [3.05, 3.63) is 69.9 Å². The molecule has 3 nitrogen and oxygen atoms in total. The first-order valence-corrected chi connectivity index (χ1v) is 13.0. The van der Waals surface area contributed by atoms with Gasteiger partial charge in [-0.25, -0.2) is 4.39 Å². The zero-order valence-electron chi connectivity index (χ0n) is 19.3. The van der Waals surface area contributed by atoms with Crippen LogP contribution in [0.5, 0.6) is 0 Å². The van der Waals surface area contributed by atoms with E-state index in [0.29, 0.717) is 22.2 Å². The van der Waals surface area contributed by atoms with Crippen LogP contribution in [0.2, 0.25) is 0 Å². The van der Waals surface area contributed by atoms with E-state index in [9.17, 15) is 9.18 Å². The second kappa shape index (κ2) is 10.5. The summed E-state index contributed by atoms with van der Waals surface area (Å²) in [5.74, 6) is 0.0213. The lowest BCUT2D eigenvalue weighted by Crippen LogP contribution is -2.49. The molecule has 1 heterocycles. The van der Waals surface area contributed by atoms with E-state index >= 15 is 0 Å². The summed E-state index contributed by atoms with van der Waals surface area (Å²) in [4.78, 5) is 17.8. The number of benzene rings is 2. The number of amides is 1. The lowest BCUT2D eigenvalue weighted by atomic mass is 9.71. The largest absolute Gasteiger partial charge is 0.301 e. The molecule has 6 heteroatoms. The fraction of sp³-hybridized carbons (Fsp3) is 0.462. The maximum atomic E-state index is 14.9. The Balaban J connectivity index is 0.00000141. The Bertz CT molecular complexity index is 983. The highest BCUT2D eigenvalue weighted by molar-refractivity contribution is 9.10. The second-order valence-corrected chi connectivity index (χ2v) is 10.9. The fourth-order valence-corrected chi connectivity index (χ4v) is 6.83. The Morgan fingerprint density at radius 1 is 1.19 bits per heavy atom. The van der Waals surface area contributed by atoms with Gasteiger partial charge >= 0.3 is 0 Å². The van der Waals surface area contributed by atoms with Gasteiger partial charge in [-0.2, -0.15) is 0 Å². The van der Waals surface area contributed by atoms with Crippen LogP contribution in [0.3, 0.4) is 0 Å². The summed E-state index contributed by atoms with van der Waals surface area (Å²) in [7, 11) is 0. The number of aliphatic imine (C=N–C) groups is 1. The number of rotatable bonds is 2. The van der Waals surface area contributed by atoms with Crippen molar-refractivity contribution < 1.29 is 9.18 Å². The Morgan fingerprint density at radius 3 is 2.59 bits per heavy atom. The van der Waals surface area contributed by atoms with Crippen LogP contribution >= 0.6 is 27.7 Å². The van der Waals surface area contributed by atoms with Crippen LogP contribution in [-0.2, 0) is 5.54 Å². The number of carbonyl (C=O) groups excluding carboxylic acids is 1. The molecule has 32 heavy (non-hydrogen) atoms. The normalized spacial score (nSPS) is 27.2. The first-order chi connectivity index (χ1) is 15.3. The van der Waals surface area contributed by atoms with E-state index in [0.717, 1.165) is 30.2 Å². The highest BCUT2D eigenvalue weighted by Gasteiger charge is 2.50. The molecule has 0 aromatic heterocycles. The van der Waals surface area contributed by atoms with E-state index in [1.165, 1.54) is 12.5 Å². The lowest BCUT2D eigenvalue weighted by Gasteiger charge is -2.49. The minimum absolute atomic E-state index is 0.0667. The second-order valence-electron chi connectivity index (χ2n) is 8.63. The molecule has 1 N–H and O–H groups in total. The minimum atomic E-state index is -0.746. The van der Waals surface area contributed by atoms with E-state index in [4.69, 9.17) is 4.99 Å². The van der Waals surface area contributed by atoms with Crippen molar-refractivity contribution in [2.45, 2.75) is 70.1 Å². The Labute approximate surface area is 203 Å². The highest BCUT2D eigenvalue weighted by Crippen LogP contribution is 2.55. The van der Waals surface area contributed by atoms with Gasteiger partial charge in [-0.3, -0.25) is 9.79 Å². The van der Waals surface area contributed by atoms with E-state index < -0.39 is 5.54 Å². The van der Waals surface area contributed by atoms with Crippen LogP contribution in [0, 0.1) is 11.7 Å². The molecule has 0 saturated heterocycles. The molecule has 2 aromatic rings. The van der Waals surface area contributed by atoms with Crippen LogP contribution in [0.15, 0.2) is 58.0 Å². The Kier molecular flexibility index (Phi) is 8.21. The van der Waals surface area contributed by atoms with Crippen molar-refractivity contribution in [2.75, 3.05) is 0 Å². The van der Waals surface area contributed by atoms with E-state index in [1.807, 2.05) is 45.0 Å². The maximum Gasteiger partial charge on any atom is 0.257 e. The maximum absolute atomic E-state index is 14.9. The zero-order valence-corrected chi connectivity index (χ0v) is 21.7. The van der Waals surface area contributed by atoms with Crippen molar-refractivity contribution in [1.82, 2.24) is 5.32 Å². The van der Waals surface area contributed by atoms with Crippen LogP contribution in [-0.4, -0.2) is 15.8 Å². The first-order valence-electron chi connectivity index (χ1n) is 11.4. The summed E-state index contributed by atoms with van der Waals surface area (Å²) in [5, 5.41) is 3.61. The molecule has 172 valence electrons. The highest BCUT2D eigenvalue weighted by atomic mass is 79.9. The molecule has 3 atom stereocenters. The third kappa shape index (κ3) is 5.28. The van der Waals surface area contributed by atoms with E-state index in [-0.39, 0.29) is 16.5 Å². The monoisotopic (exact) mass is 518 g/mol. The molecule has 0 radical (unpaired) electrons. The van der Waals surface area contributed by atoms with Gasteiger partial charge in [0.05, 0.1) is 5.54 Å². The van der Waals surface area contributed by atoms with Gasteiger partial charge in [-0.05, 0) is 62.4 Å². The number of hydrogen-bond donors (Lipinski definition) is 1. The third-order valence-corrected chi connectivity index (χ3v) is 8.48. The molecule has 1 amide bonds. The van der Waals surface area contributed by atoms with Gasteiger partial charge in [0, 0.05) is 20.3 Å². The van der Waals surface area contributed by atoms with Crippen LogP contribution in [0.25, 0.3) is 0 Å². The van der Waals surface area contributed by atoms with E-state index in [1.54, 1.807) is 30.0 Å². The van der Waals surface area contributed by atoms with E-state index in [2.05, 4.69) is 28.2 Å². The van der Waals surface area contributed by atoms with Crippen molar-refractivity contribution in [1.29, 1.82) is 0 Å². The van der Waals surface area contributed by atoms with Crippen molar-refractivity contribution >= 4 is 38.8 Å². The summed E-state index contributed by atoms with van der Waals surface area (Å²) in [6, 6.07) is 14.2. The van der Waals surface area contributed by atoms with Gasteiger partial charge < -0.3 is 5.32 Å². The first kappa shape index (κ1) is 25.0. The quantitative estimate of drug-likeness (QED) is 0.442. The molecule has 1 aliphatic carbocycles. The molecule has 2 aliphatic rings. The molecule has 3 unspecified atom stereocenters. The lowest BCUT2D eigenvalue weighted by molar-refractivity contribution is 0.0977. The zero-order chi connectivity index (χ0) is 23.4. The summed E-state index contributed by atoms with van der Waals surface area (Å²) in [5.41, 5.74) is 0.414. The number of thioether (sulfide) groups is 1. The molecule has 1 aliphatic heterocycles. The topological polar surface area (TPSA) is 41.5 Å². The summed E-state index contributed by atoms with van der Waals surface area (Å²) >= 11 is 5.16. The molecule has 1 fully saturated rings. The van der Waals surface area contributed by atoms with Crippen molar-refractivity contribution in [2.24, 2.45) is 10.9 Å². The number of hydrogen-bond acceptors (Lipinski definition) is 3. The Hall–Kier alpha value is -1.66. The molecule has 1 spiro atoms. The van der Waals surface area contributed by atoms with Crippen LogP contribution in [0.1, 0.15) is 75.7 Å². The minimum Gasteiger partial charge on any atom is -0.301 e. The molecular weight excluding hydrogens is 487 g/mol. The predicted molar refractivity (Wildman–Crippen MR) is 137 cm³/mol.